The number of hydrogen-bond donors (Lipinski definition) is 1. The van der Waals surface area contributed by atoms with Crippen LogP contribution < -0.4 is 9.64 Å². The van der Waals surface area contributed by atoms with Gasteiger partial charge in [-0.2, -0.15) is 5.26 Å². The fourth-order valence-electron chi connectivity index (χ4n) is 4.62. The molecule has 142 valence electrons. The number of ether oxygens (including phenoxy) is 1. The largest absolute Gasteiger partial charge is 0.496 e. The maximum Gasteiger partial charge on any atom is 0.232 e. The van der Waals surface area contributed by atoms with Crippen molar-refractivity contribution in [2.45, 2.75) is 50.5 Å². The maximum atomic E-state index is 13.0. The highest BCUT2D eigenvalue weighted by molar-refractivity contribution is 8.02. The molecule has 1 amide bonds. The number of amides is 1. The summed E-state index contributed by atoms with van der Waals surface area (Å²) in [6, 6.07) is 10.8. The Labute approximate surface area is 165 Å². The second kappa shape index (κ2) is 7.95. The quantitative estimate of drug-likeness (QED) is 0.870. The number of benzene rings is 1. The lowest BCUT2D eigenvalue weighted by Gasteiger charge is -2.42. The van der Waals surface area contributed by atoms with Gasteiger partial charge in [0.05, 0.1) is 24.8 Å². The van der Waals surface area contributed by atoms with E-state index >= 15 is 0 Å². The Morgan fingerprint density at radius 2 is 2.04 bits per heavy atom. The number of carbonyl (C=O) groups is 1. The van der Waals surface area contributed by atoms with Crippen molar-refractivity contribution in [3.63, 3.8) is 0 Å². The van der Waals surface area contributed by atoms with Gasteiger partial charge in [0.2, 0.25) is 5.91 Å². The molecule has 5 nitrogen and oxygen atoms in total. The molecule has 6 heteroatoms. The third-order valence-electron chi connectivity index (χ3n) is 6.08. The minimum Gasteiger partial charge on any atom is -0.496 e. The Balaban J connectivity index is 1.64. The van der Waals surface area contributed by atoms with Gasteiger partial charge in [-0.25, -0.2) is 0 Å². The molecule has 2 aliphatic heterocycles. The zero-order chi connectivity index (χ0) is 18.8. The molecule has 1 saturated heterocycles. The number of allylic oxidation sites excluding steroid dienone is 1. The van der Waals surface area contributed by atoms with Gasteiger partial charge in [-0.15, -0.1) is 0 Å². The summed E-state index contributed by atoms with van der Waals surface area (Å²) in [7, 11) is 1.63. The molecule has 1 aromatic carbocycles. The van der Waals surface area contributed by atoms with Crippen LogP contribution in [0.2, 0.25) is 0 Å². The average molecular weight is 385 g/mol. The predicted octanol–water partition coefficient (Wildman–Crippen LogP) is 2.63. The number of nitriles is 1. The Kier molecular flexibility index (Phi) is 5.42. The lowest BCUT2D eigenvalue weighted by molar-refractivity contribution is -0.923. The monoisotopic (exact) mass is 384 g/mol. The molecular formula is C21H26N3O2S+. The van der Waals surface area contributed by atoms with Crippen LogP contribution in [-0.2, 0) is 4.79 Å². The van der Waals surface area contributed by atoms with E-state index in [1.54, 1.807) is 18.9 Å². The van der Waals surface area contributed by atoms with E-state index in [1.165, 1.54) is 37.0 Å². The zero-order valence-corrected chi connectivity index (χ0v) is 16.6. The molecule has 2 heterocycles. The van der Waals surface area contributed by atoms with Crippen LogP contribution in [0.3, 0.4) is 0 Å². The molecule has 27 heavy (non-hydrogen) atoms. The molecule has 1 N–H and O–H groups in total. The molecular weight excluding hydrogens is 358 g/mol. The smallest absolute Gasteiger partial charge is 0.232 e. The number of methoxy groups -OCH3 is 1. The first-order valence-corrected chi connectivity index (χ1v) is 10.8. The number of para-hydroxylation sites is 1. The molecule has 0 radical (unpaired) electrons. The van der Waals surface area contributed by atoms with Gasteiger partial charge in [-0.3, -0.25) is 9.69 Å². The molecule has 4 rings (SSSR count). The fraction of sp³-hybridized carbons (Fsp3) is 0.524. The van der Waals surface area contributed by atoms with E-state index < -0.39 is 0 Å². The number of nitrogens with one attached hydrogen (secondary N) is 1. The Morgan fingerprint density at radius 1 is 1.26 bits per heavy atom. The molecule has 0 bridgehead atoms. The molecule has 0 aromatic heterocycles. The van der Waals surface area contributed by atoms with Crippen LogP contribution in [-0.4, -0.2) is 36.5 Å². The summed E-state index contributed by atoms with van der Waals surface area (Å²) < 4.78 is 5.49. The van der Waals surface area contributed by atoms with E-state index in [1.807, 2.05) is 29.2 Å². The zero-order valence-electron chi connectivity index (χ0n) is 15.7. The molecule has 0 spiro atoms. The number of fused-ring (bicyclic) bond motifs is 1. The normalized spacial score (nSPS) is 26.5. The first-order chi connectivity index (χ1) is 13.2. The topological polar surface area (TPSA) is 57.8 Å². The number of rotatable bonds is 3. The van der Waals surface area contributed by atoms with E-state index in [4.69, 9.17) is 4.74 Å². The summed E-state index contributed by atoms with van der Waals surface area (Å²) in [5.41, 5.74) is 1.64. The van der Waals surface area contributed by atoms with Crippen LogP contribution in [0.1, 0.15) is 50.0 Å². The van der Waals surface area contributed by atoms with E-state index in [0.29, 0.717) is 24.7 Å². The molecule has 3 aliphatic rings. The summed E-state index contributed by atoms with van der Waals surface area (Å²) in [5.74, 6) is 1.59. The predicted molar refractivity (Wildman–Crippen MR) is 105 cm³/mol. The lowest BCUT2D eigenvalue weighted by Crippen LogP contribution is -3.17. The summed E-state index contributed by atoms with van der Waals surface area (Å²) >= 11 is 1.68. The average Bonchev–Trinajstić information content (AvgIpc) is 2.74. The summed E-state index contributed by atoms with van der Waals surface area (Å²) in [4.78, 5) is 16.4. The van der Waals surface area contributed by atoms with Crippen LogP contribution >= 0.6 is 11.8 Å². The van der Waals surface area contributed by atoms with Crippen molar-refractivity contribution in [3.05, 3.63) is 40.4 Å². The number of quaternary nitrogens is 1. The van der Waals surface area contributed by atoms with Gasteiger partial charge < -0.3 is 9.64 Å². The van der Waals surface area contributed by atoms with E-state index in [9.17, 15) is 10.1 Å². The Morgan fingerprint density at radius 3 is 2.78 bits per heavy atom. The fourth-order valence-corrected chi connectivity index (χ4v) is 5.94. The number of hydrogen-bond acceptors (Lipinski definition) is 4. The molecule has 2 atom stereocenters. The van der Waals surface area contributed by atoms with Crippen LogP contribution in [0.25, 0.3) is 0 Å². The van der Waals surface area contributed by atoms with Crippen molar-refractivity contribution < 1.29 is 14.4 Å². The van der Waals surface area contributed by atoms with Gasteiger partial charge in [0.1, 0.15) is 16.7 Å². The first-order valence-electron chi connectivity index (χ1n) is 9.78. The molecule has 1 aromatic rings. The first kappa shape index (κ1) is 18.4. The third-order valence-corrected chi connectivity index (χ3v) is 7.31. The summed E-state index contributed by atoms with van der Waals surface area (Å²) in [5, 5.41) is 10.8. The van der Waals surface area contributed by atoms with Crippen LogP contribution in [0.4, 0.5) is 0 Å². The highest BCUT2D eigenvalue weighted by Gasteiger charge is 2.42. The Bertz CT molecular complexity index is 795. The SMILES string of the molecule is COc1ccccc1[C@@H]1CC(=O)N2C[NH+](C3CCCCC3)CSC2=C1C#N. The number of nitrogens with zero attached hydrogens (tertiary/aromatic N) is 2. The maximum absolute atomic E-state index is 13.0. The highest BCUT2D eigenvalue weighted by atomic mass is 32.2. The van der Waals surface area contributed by atoms with Gasteiger partial charge >= 0.3 is 0 Å². The summed E-state index contributed by atoms with van der Waals surface area (Å²) in [6.07, 6.45) is 6.79. The van der Waals surface area contributed by atoms with Crippen LogP contribution in [0.5, 0.6) is 5.75 Å². The van der Waals surface area contributed by atoms with Crippen molar-refractivity contribution in [2.75, 3.05) is 19.7 Å². The molecule has 1 saturated carbocycles. The van der Waals surface area contributed by atoms with Crippen molar-refractivity contribution >= 4 is 17.7 Å². The van der Waals surface area contributed by atoms with Crippen molar-refractivity contribution in [1.82, 2.24) is 4.90 Å². The number of carbonyl (C=O) groups excluding carboxylic acids is 1. The molecule has 1 unspecified atom stereocenters. The van der Waals surface area contributed by atoms with E-state index in [2.05, 4.69) is 6.07 Å². The third kappa shape index (κ3) is 3.46. The van der Waals surface area contributed by atoms with E-state index in [0.717, 1.165) is 22.2 Å². The highest BCUT2D eigenvalue weighted by Crippen LogP contribution is 2.43. The van der Waals surface area contributed by atoms with E-state index in [-0.39, 0.29) is 11.8 Å². The standard InChI is InChI=1S/C21H25N3O2S/c1-26-19-10-6-5-9-16(19)17-11-20(25)24-13-23(15-7-3-2-4-8-15)14-27-21(24)18(17)12-22/h5-6,9-10,15,17H,2-4,7-8,11,13-14H2,1H3/p+1/t17-/m0/s1. The van der Waals surface area contributed by atoms with Crippen molar-refractivity contribution in [2.24, 2.45) is 0 Å². The van der Waals surface area contributed by atoms with Crippen molar-refractivity contribution in [1.29, 1.82) is 5.26 Å². The summed E-state index contributed by atoms with van der Waals surface area (Å²) in [6.45, 7) is 0.704. The van der Waals surface area contributed by atoms with Gasteiger partial charge in [0, 0.05) is 17.9 Å². The van der Waals surface area contributed by atoms with Crippen LogP contribution in [0, 0.1) is 11.3 Å². The van der Waals surface area contributed by atoms with Gasteiger partial charge in [-0.1, -0.05) is 24.6 Å². The minimum atomic E-state index is -0.214. The van der Waals surface area contributed by atoms with Crippen molar-refractivity contribution in [3.8, 4) is 11.8 Å². The Hall–Kier alpha value is -1.97. The van der Waals surface area contributed by atoms with Gasteiger partial charge in [0.25, 0.3) is 0 Å². The van der Waals surface area contributed by atoms with Crippen LogP contribution in [0.15, 0.2) is 34.9 Å². The second-order valence-electron chi connectivity index (χ2n) is 7.59. The molecule has 1 aliphatic carbocycles. The van der Waals surface area contributed by atoms with Gasteiger partial charge in [-0.05, 0) is 43.5 Å². The second-order valence-corrected chi connectivity index (χ2v) is 8.56. The lowest BCUT2D eigenvalue weighted by atomic mass is 9.86. The molecule has 2 fully saturated rings. The minimum absolute atomic E-state index is 0.125. The number of thioether (sulfide) groups is 1. The van der Waals surface area contributed by atoms with Gasteiger partial charge in [0.15, 0.2) is 6.67 Å².